The summed E-state index contributed by atoms with van der Waals surface area (Å²) in [5, 5.41) is 3.32. The normalized spacial score (nSPS) is 10.5. The summed E-state index contributed by atoms with van der Waals surface area (Å²) in [5.41, 5.74) is 0.966. The summed E-state index contributed by atoms with van der Waals surface area (Å²) in [6, 6.07) is 0. The van der Waals surface area contributed by atoms with Crippen molar-refractivity contribution >= 4 is 28.4 Å². The maximum atomic E-state index is 5.14. The fourth-order valence-corrected chi connectivity index (χ4v) is 1.88. The molecule has 1 aromatic heterocycles. The van der Waals surface area contributed by atoms with Crippen LogP contribution in [0.3, 0.4) is 0 Å². The highest BCUT2D eigenvalue weighted by Crippen LogP contribution is 2.20. The Balaban J connectivity index is 2.99. The van der Waals surface area contributed by atoms with Gasteiger partial charge < -0.3 is 10.1 Å². The fourth-order valence-electron chi connectivity index (χ4n) is 1.30. The number of aryl methyl sites for hydroxylation is 1. The largest absolute Gasteiger partial charge is 0.378 e. The molecule has 0 aliphatic carbocycles. The van der Waals surface area contributed by atoms with Gasteiger partial charge in [0, 0.05) is 20.1 Å². The van der Waals surface area contributed by atoms with Gasteiger partial charge in [0.15, 0.2) is 0 Å². The molecular weight excluding hydrogens is 317 g/mol. The van der Waals surface area contributed by atoms with Crippen LogP contribution in [0.2, 0.25) is 0 Å². The van der Waals surface area contributed by atoms with Crippen LogP contribution >= 0.6 is 22.6 Å². The van der Waals surface area contributed by atoms with Crippen LogP contribution in [0, 0.1) is 3.57 Å². The van der Waals surface area contributed by atoms with Crippen LogP contribution in [0.25, 0.3) is 0 Å². The molecule has 0 spiro atoms. The van der Waals surface area contributed by atoms with Crippen LogP contribution in [0.15, 0.2) is 0 Å². The van der Waals surface area contributed by atoms with Gasteiger partial charge in [0.2, 0.25) is 0 Å². The van der Waals surface area contributed by atoms with Crippen LogP contribution < -0.4 is 5.32 Å². The molecule has 0 atom stereocenters. The minimum absolute atomic E-state index is 0.536. The van der Waals surface area contributed by atoms with Gasteiger partial charge in [-0.05, 0) is 29.0 Å². The summed E-state index contributed by atoms with van der Waals surface area (Å²) in [5.74, 6) is 1.80. The van der Waals surface area contributed by atoms with Crippen molar-refractivity contribution < 1.29 is 4.74 Å². The molecule has 1 N–H and O–H groups in total. The van der Waals surface area contributed by atoms with Gasteiger partial charge in [-0.25, -0.2) is 9.97 Å². The molecule has 0 amide bonds. The van der Waals surface area contributed by atoms with Gasteiger partial charge in [-0.15, -0.1) is 0 Å². The lowest BCUT2D eigenvalue weighted by molar-refractivity contribution is 0.180. The zero-order chi connectivity index (χ0) is 12.0. The van der Waals surface area contributed by atoms with E-state index in [2.05, 4.69) is 51.7 Å². The van der Waals surface area contributed by atoms with Crippen molar-refractivity contribution in [3.63, 3.8) is 0 Å². The molecule has 0 unspecified atom stereocenters. The van der Waals surface area contributed by atoms with Crippen molar-refractivity contribution in [1.82, 2.24) is 9.97 Å². The number of nitrogens with zero attached hydrogens (tertiary/aromatic N) is 2. The van der Waals surface area contributed by atoms with E-state index in [1.54, 1.807) is 7.11 Å². The molecule has 0 aromatic carbocycles. The molecule has 16 heavy (non-hydrogen) atoms. The van der Waals surface area contributed by atoms with E-state index in [9.17, 15) is 0 Å². The number of rotatable bonds is 6. The SMILES string of the molecule is CCCNc1nc(CC)nc(COC)c1I. The highest BCUT2D eigenvalue weighted by Gasteiger charge is 2.10. The maximum absolute atomic E-state index is 5.14. The maximum Gasteiger partial charge on any atom is 0.143 e. The number of methoxy groups -OCH3 is 1. The Kier molecular flexibility index (Phi) is 5.97. The smallest absolute Gasteiger partial charge is 0.143 e. The average molecular weight is 335 g/mol. The van der Waals surface area contributed by atoms with Crippen LogP contribution in [0.1, 0.15) is 31.8 Å². The first-order chi connectivity index (χ1) is 7.72. The molecule has 0 saturated heterocycles. The summed E-state index contributed by atoms with van der Waals surface area (Å²) in [7, 11) is 1.68. The van der Waals surface area contributed by atoms with Gasteiger partial charge in [0.25, 0.3) is 0 Å². The Morgan fingerprint density at radius 1 is 1.31 bits per heavy atom. The predicted octanol–water partition coefficient (Wildman–Crippen LogP) is 2.61. The van der Waals surface area contributed by atoms with E-state index in [0.717, 1.165) is 40.3 Å². The minimum atomic E-state index is 0.536. The van der Waals surface area contributed by atoms with Gasteiger partial charge in [-0.1, -0.05) is 13.8 Å². The van der Waals surface area contributed by atoms with Crippen LogP contribution in [0.4, 0.5) is 5.82 Å². The predicted molar refractivity (Wildman–Crippen MR) is 73.6 cm³/mol. The third kappa shape index (κ3) is 3.55. The van der Waals surface area contributed by atoms with E-state index in [0.29, 0.717) is 6.61 Å². The molecule has 1 aromatic rings. The van der Waals surface area contributed by atoms with Gasteiger partial charge in [0.1, 0.15) is 11.6 Å². The van der Waals surface area contributed by atoms with Crippen molar-refractivity contribution in [2.75, 3.05) is 19.0 Å². The second-order valence-electron chi connectivity index (χ2n) is 3.46. The monoisotopic (exact) mass is 335 g/mol. The summed E-state index contributed by atoms with van der Waals surface area (Å²) in [4.78, 5) is 8.95. The summed E-state index contributed by atoms with van der Waals surface area (Å²) in [6.45, 7) is 5.66. The first kappa shape index (κ1) is 13.6. The van der Waals surface area contributed by atoms with Crippen molar-refractivity contribution in [1.29, 1.82) is 0 Å². The van der Waals surface area contributed by atoms with E-state index in [-0.39, 0.29) is 0 Å². The van der Waals surface area contributed by atoms with E-state index >= 15 is 0 Å². The lowest BCUT2D eigenvalue weighted by atomic mass is 10.3. The highest BCUT2D eigenvalue weighted by atomic mass is 127. The molecule has 0 radical (unpaired) electrons. The summed E-state index contributed by atoms with van der Waals surface area (Å²) < 4.78 is 6.21. The second-order valence-corrected chi connectivity index (χ2v) is 4.54. The number of ether oxygens (including phenoxy) is 1. The van der Waals surface area contributed by atoms with E-state index < -0.39 is 0 Å². The van der Waals surface area contributed by atoms with Crippen LogP contribution in [-0.4, -0.2) is 23.6 Å². The Morgan fingerprint density at radius 2 is 2.06 bits per heavy atom. The lowest BCUT2D eigenvalue weighted by Gasteiger charge is -2.11. The zero-order valence-corrected chi connectivity index (χ0v) is 12.2. The highest BCUT2D eigenvalue weighted by molar-refractivity contribution is 14.1. The molecule has 0 fully saturated rings. The van der Waals surface area contributed by atoms with Gasteiger partial charge in [-0.2, -0.15) is 0 Å². The van der Waals surface area contributed by atoms with Gasteiger partial charge >= 0.3 is 0 Å². The standard InChI is InChI=1S/C11H18IN3O/c1-4-6-13-11-10(12)8(7-16-3)14-9(5-2)15-11/h4-7H2,1-3H3,(H,13,14,15). The molecule has 90 valence electrons. The third-order valence-electron chi connectivity index (χ3n) is 2.11. The number of anilines is 1. The molecule has 1 rings (SSSR count). The van der Waals surface area contributed by atoms with Crippen LogP contribution in [-0.2, 0) is 17.8 Å². The summed E-state index contributed by atoms with van der Waals surface area (Å²) >= 11 is 2.27. The molecular formula is C11H18IN3O. The molecule has 1 heterocycles. The first-order valence-electron chi connectivity index (χ1n) is 5.51. The molecule has 0 aliphatic rings. The van der Waals surface area contributed by atoms with Crippen molar-refractivity contribution in [2.45, 2.75) is 33.3 Å². The van der Waals surface area contributed by atoms with Gasteiger partial charge in [0.05, 0.1) is 15.9 Å². The van der Waals surface area contributed by atoms with E-state index in [1.807, 2.05) is 0 Å². The van der Waals surface area contributed by atoms with Crippen molar-refractivity contribution in [2.24, 2.45) is 0 Å². The topological polar surface area (TPSA) is 47.0 Å². The minimum Gasteiger partial charge on any atom is -0.378 e. The third-order valence-corrected chi connectivity index (χ3v) is 3.24. The lowest BCUT2D eigenvalue weighted by Crippen LogP contribution is -2.10. The van der Waals surface area contributed by atoms with E-state index in [1.165, 1.54) is 0 Å². The Labute approximate surface area is 110 Å². The van der Waals surface area contributed by atoms with Crippen LogP contribution in [0.5, 0.6) is 0 Å². The Morgan fingerprint density at radius 3 is 2.62 bits per heavy atom. The van der Waals surface area contributed by atoms with Crippen molar-refractivity contribution in [3.05, 3.63) is 15.1 Å². The van der Waals surface area contributed by atoms with Gasteiger partial charge in [-0.3, -0.25) is 0 Å². The Hall–Kier alpha value is -0.430. The number of hydrogen-bond donors (Lipinski definition) is 1. The number of halogens is 1. The van der Waals surface area contributed by atoms with Crippen molar-refractivity contribution in [3.8, 4) is 0 Å². The fraction of sp³-hybridized carbons (Fsp3) is 0.636. The quantitative estimate of drug-likeness (QED) is 0.812. The average Bonchev–Trinajstić information content (AvgIpc) is 2.30. The first-order valence-corrected chi connectivity index (χ1v) is 6.58. The second kappa shape index (κ2) is 7.01. The number of nitrogens with one attached hydrogen (secondary N) is 1. The molecule has 5 heteroatoms. The number of hydrogen-bond acceptors (Lipinski definition) is 4. The zero-order valence-electron chi connectivity index (χ0n) is 10.0. The molecule has 0 saturated carbocycles. The van der Waals surface area contributed by atoms with E-state index in [4.69, 9.17) is 4.74 Å². The molecule has 4 nitrogen and oxygen atoms in total. The Bertz CT molecular complexity index is 344. The molecule has 0 aliphatic heterocycles. The number of aromatic nitrogens is 2. The summed E-state index contributed by atoms with van der Waals surface area (Å²) in [6.07, 6.45) is 1.93. The molecule has 0 bridgehead atoms.